The number of halogens is 1. The van der Waals surface area contributed by atoms with Gasteiger partial charge >= 0.3 is 0 Å². The Morgan fingerprint density at radius 3 is 2.25 bits per heavy atom. The molecule has 0 aromatic heterocycles. The zero-order valence-electron chi connectivity index (χ0n) is 15.4. The van der Waals surface area contributed by atoms with E-state index in [1.54, 1.807) is 6.07 Å². The van der Waals surface area contributed by atoms with E-state index in [0.29, 0.717) is 12.8 Å². The van der Waals surface area contributed by atoms with Gasteiger partial charge in [-0.15, -0.1) is 0 Å². The number of amides is 2. The number of benzene rings is 2. The summed E-state index contributed by atoms with van der Waals surface area (Å²) in [7, 11) is -3.50. The van der Waals surface area contributed by atoms with E-state index in [4.69, 9.17) is 0 Å². The summed E-state index contributed by atoms with van der Waals surface area (Å²) in [5, 5.41) is 4.91. The molecule has 0 aliphatic carbocycles. The third-order valence-corrected chi connectivity index (χ3v) is 5.58. The molecule has 0 heterocycles. The number of nitrogens with one attached hydrogen (secondary N) is 2. The molecule has 8 heteroatoms. The van der Waals surface area contributed by atoms with Crippen LogP contribution in [0.3, 0.4) is 0 Å². The molecule has 0 atom stereocenters. The van der Waals surface area contributed by atoms with Gasteiger partial charge in [0, 0.05) is 13.1 Å². The zero-order chi connectivity index (χ0) is 20.4. The molecule has 0 spiro atoms. The lowest BCUT2D eigenvalue weighted by atomic mass is 10.1. The van der Waals surface area contributed by atoms with Crippen LogP contribution in [0.2, 0.25) is 0 Å². The van der Waals surface area contributed by atoms with Gasteiger partial charge in [0.25, 0.3) is 5.91 Å². The number of rotatable bonds is 10. The first-order chi connectivity index (χ1) is 13.4. The van der Waals surface area contributed by atoms with Gasteiger partial charge in [-0.25, -0.2) is 12.8 Å². The van der Waals surface area contributed by atoms with E-state index in [9.17, 15) is 22.4 Å². The summed E-state index contributed by atoms with van der Waals surface area (Å²) in [6.45, 7) is 0.117. The molecule has 2 rings (SSSR count). The largest absolute Gasteiger partial charge is 0.353 e. The second-order valence-electron chi connectivity index (χ2n) is 6.27. The number of aryl methyl sites for hydroxylation is 1. The molecule has 0 fully saturated rings. The zero-order valence-corrected chi connectivity index (χ0v) is 16.2. The average molecular weight is 406 g/mol. The molecule has 0 saturated heterocycles. The van der Waals surface area contributed by atoms with Gasteiger partial charge in [0.2, 0.25) is 5.91 Å². The van der Waals surface area contributed by atoms with Crippen molar-refractivity contribution in [3.63, 3.8) is 0 Å². The van der Waals surface area contributed by atoms with Crippen molar-refractivity contribution < 1.29 is 22.4 Å². The Labute approximate surface area is 164 Å². The molecule has 0 aliphatic rings. The van der Waals surface area contributed by atoms with Crippen LogP contribution in [-0.2, 0) is 21.1 Å². The normalized spacial score (nSPS) is 11.0. The number of hydrogen-bond acceptors (Lipinski definition) is 4. The van der Waals surface area contributed by atoms with Gasteiger partial charge in [0.15, 0.2) is 9.84 Å². The maximum atomic E-state index is 13.5. The van der Waals surface area contributed by atoms with Gasteiger partial charge < -0.3 is 10.6 Å². The fourth-order valence-corrected chi connectivity index (χ4v) is 3.81. The Morgan fingerprint density at radius 1 is 0.893 bits per heavy atom. The van der Waals surface area contributed by atoms with Gasteiger partial charge in [-0.3, -0.25) is 9.59 Å². The number of sulfone groups is 1. The topological polar surface area (TPSA) is 92.3 Å². The van der Waals surface area contributed by atoms with Crippen LogP contribution < -0.4 is 10.6 Å². The smallest absolute Gasteiger partial charge is 0.254 e. The minimum atomic E-state index is -3.50. The monoisotopic (exact) mass is 406 g/mol. The Kier molecular flexibility index (Phi) is 8.13. The highest BCUT2D eigenvalue weighted by molar-refractivity contribution is 7.92. The Morgan fingerprint density at radius 2 is 1.54 bits per heavy atom. The van der Waals surface area contributed by atoms with Crippen LogP contribution in [0, 0.1) is 5.82 Å². The van der Waals surface area contributed by atoms with Crippen molar-refractivity contribution in [2.45, 2.75) is 12.8 Å². The Hall–Kier alpha value is -2.74. The molecule has 0 aliphatic heterocycles. The van der Waals surface area contributed by atoms with Crippen LogP contribution in [-0.4, -0.2) is 44.8 Å². The average Bonchev–Trinajstić information content (AvgIpc) is 2.65. The number of carbonyl (C=O) groups is 2. The van der Waals surface area contributed by atoms with Crippen molar-refractivity contribution in [2.24, 2.45) is 0 Å². The van der Waals surface area contributed by atoms with E-state index in [-0.39, 0.29) is 24.4 Å². The Bertz CT molecular complexity index is 901. The van der Waals surface area contributed by atoms with Crippen molar-refractivity contribution in [2.75, 3.05) is 24.6 Å². The summed E-state index contributed by atoms with van der Waals surface area (Å²) in [5.74, 6) is -2.52. The molecule has 28 heavy (non-hydrogen) atoms. The van der Waals surface area contributed by atoms with Crippen LogP contribution in [0.25, 0.3) is 0 Å². The SMILES string of the molecule is O=C(CS(=O)(=O)CCCc1ccccc1)NCCNC(=O)c1ccccc1F. The van der Waals surface area contributed by atoms with E-state index in [1.807, 2.05) is 30.3 Å². The highest BCUT2D eigenvalue weighted by Gasteiger charge is 2.16. The van der Waals surface area contributed by atoms with Crippen LogP contribution >= 0.6 is 0 Å². The van der Waals surface area contributed by atoms with Gasteiger partial charge in [-0.05, 0) is 30.5 Å². The lowest BCUT2D eigenvalue weighted by molar-refractivity contribution is -0.118. The van der Waals surface area contributed by atoms with Gasteiger partial charge in [0.1, 0.15) is 11.6 Å². The molecule has 0 radical (unpaired) electrons. The van der Waals surface area contributed by atoms with Crippen molar-refractivity contribution in [3.05, 3.63) is 71.5 Å². The van der Waals surface area contributed by atoms with E-state index >= 15 is 0 Å². The van der Waals surface area contributed by atoms with Crippen molar-refractivity contribution in [1.29, 1.82) is 0 Å². The third kappa shape index (κ3) is 7.48. The molecule has 2 aromatic rings. The lowest BCUT2D eigenvalue weighted by Gasteiger charge is -2.08. The predicted molar refractivity (Wildman–Crippen MR) is 105 cm³/mol. The van der Waals surface area contributed by atoms with E-state index in [0.717, 1.165) is 5.56 Å². The predicted octanol–water partition coefficient (Wildman–Crippen LogP) is 1.72. The van der Waals surface area contributed by atoms with Crippen molar-refractivity contribution >= 4 is 21.7 Å². The standard InChI is InChI=1S/C20H23FN2O4S/c21-18-11-5-4-10-17(18)20(25)23-13-12-22-19(24)15-28(26,27)14-6-9-16-7-2-1-3-8-16/h1-5,7-8,10-11H,6,9,12-15H2,(H,22,24)(H,23,25). The maximum absolute atomic E-state index is 13.5. The molecule has 6 nitrogen and oxygen atoms in total. The molecule has 2 aromatic carbocycles. The molecule has 0 unspecified atom stereocenters. The Balaban J connectivity index is 1.65. The summed E-state index contributed by atoms with van der Waals surface area (Å²) < 4.78 is 37.5. The second kappa shape index (κ2) is 10.6. The number of carbonyl (C=O) groups excluding carboxylic acids is 2. The molecule has 2 N–H and O–H groups in total. The van der Waals surface area contributed by atoms with Gasteiger partial charge in [0.05, 0.1) is 11.3 Å². The fourth-order valence-electron chi connectivity index (χ4n) is 2.58. The third-order valence-electron chi connectivity index (χ3n) is 3.97. The minimum Gasteiger partial charge on any atom is -0.353 e. The van der Waals surface area contributed by atoms with E-state index in [2.05, 4.69) is 10.6 Å². The van der Waals surface area contributed by atoms with Crippen molar-refractivity contribution in [3.8, 4) is 0 Å². The quantitative estimate of drug-likeness (QED) is 0.588. The molecule has 2 amide bonds. The van der Waals surface area contributed by atoms with Crippen molar-refractivity contribution in [1.82, 2.24) is 10.6 Å². The van der Waals surface area contributed by atoms with Gasteiger partial charge in [-0.1, -0.05) is 42.5 Å². The van der Waals surface area contributed by atoms with Crippen LogP contribution in [0.1, 0.15) is 22.3 Å². The van der Waals surface area contributed by atoms with Gasteiger partial charge in [-0.2, -0.15) is 0 Å². The first kappa shape index (κ1) is 21.6. The molecular formula is C20H23FN2O4S. The summed E-state index contributed by atoms with van der Waals surface area (Å²) in [6.07, 6.45) is 1.07. The second-order valence-corrected chi connectivity index (χ2v) is 8.45. The first-order valence-corrected chi connectivity index (χ1v) is 10.7. The van der Waals surface area contributed by atoms with E-state index in [1.165, 1.54) is 18.2 Å². The molecule has 0 saturated carbocycles. The lowest BCUT2D eigenvalue weighted by Crippen LogP contribution is -2.37. The van der Waals surface area contributed by atoms with Crippen LogP contribution in [0.15, 0.2) is 54.6 Å². The van der Waals surface area contributed by atoms with Crippen LogP contribution in [0.4, 0.5) is 4.39 Å². The summed E-state index contributed by atoms with van der Waals surface area (Å²) >= 11 is 0. The van der Waals surface area contributed by atoms with E-state index < -0.39 is 33.2 Å². The number of hydrogen-bond donors (Lipinski definition) is 2. The highest BCUT2D eigenvalue weighted by Crippen LogP contribution is 2.06. The first-order valence-electron chi connectivity index (χ1n) is 8.91. The summed E-state index contributed by atoms with van der Waals surface area (Å²) in [6, 6.07) is 15.1. The fraction of sp³-hybridized carbons (Fsp3) is 0.300. The van der Waals surface area contributed by atoms with Crippen LogP contribution in [0.5, 0.6) is 0 Å². The summed E-state index contributed by atoms with van der Waals surface area (Å²) in [4.78, 5) is 23.6. The maximum Gasteiger partial charge on any atom is 0.254 e. The molecule has 0 bridgehead atoms. The minimum absolute atomic E-state index is 0.0541. The molecule has 150 valence electrons. The highest BCUT2D eigenvalue weighted by atomic mass is 32.2. The molecular weight excluding hydrogens is 383 g/mol. The summed E-state index contributed by atoms with van der Waals surface area (Å²) in [5.41, 5.74) is 0.961.